The van der Waals surface area contributed by atoms with Crippen LogP contribution in [0.4, 0.5) is 0 Å². The minimum atomic E-state index is 0.493. The topological polar surface area (TPSA) is 47.3 Å². The van der Waals surface area contributed by atoms with Crippen LogP contribution >= 0.6 is 0 Å². The Labute approximate surface area is 71.9 Å². The molecule has 0 aliphatic heterocycles. The molecule has 12 heavy (non-hydrogen) atoms. The number of likely N-dealkylation sites (N-methyl/N-ethyl adjacent to an activating group) is 1. The van der Waals surface area contributed by atoms with E-state index in [1.165, 1.54) is 0 Å². The SMILES string of the molecule is CNCCc1ncc(COC)o1. The summed E-state index contributed by atoms with van der Waals surface area (Å²) in [6.07, 6.45) is 2.52. The second-order valence-electron chi connectivity index (χ2n) is 2.51. The van der Waals surface area contributed by atoms with Crippen LogP contribution in [0.3, 0.4) is 0 Å². The van der Waals surface area contributed by atoms with Gasteiger partial charge in [0.2, 0.25) is 0 Å². The standard InChI is InChI=1S/C8H14N2O2/c1-9-4-3-8-10-5-7(12-8)6-11-2/h5,9H,3-4,6H2,1-2H3. The largest absolute Gasteiger partial charge is 0.443 e. The van der Waals surface area contributed by atoms with Gasteiger partial charge in [0.05, 0.1) is 6.20 Å². The van der Waals surface area contributed by atoms with Crippen LogP contribution in [0.15, 0.2) is 10.6 Å². The number of nitrogens with zero attached hydrogens (tertiary/aromatic N) is 1. The van der Waals surface area contributed by atoms with Crippen molar-refractivity contribution in [1.29, 1.82) is 0 Å². The van der Waals surface area contributed by atoms with E-state index in [1.54, 1.807) is 13.3 Å². The van der Waals surface area contributed by atoms with Crippen LogP contribution in [-0.4, -0.2) is 25.7 Å². The molecule has 0 aliphatic rings. The summed E-state index contributed by atoms with van der Waals surface area (Å²) in [4.78, 5) is 4.09. The van der Waals surface area contributed by atoms with Gasteiger partial charge in [0.15, 0.2) is 5.89 Å². The summed E-state index contributed by atoms with van der Waals surface area (Å²) in [5, 5.41) is 3.03. The lowest BCUT2D eigenvalue weighted by Gasteiger charge is -1.94. The average molecular weight is 170 g/mol. The molecule has 0 saturated heterocycles. The quantitative estimate of drug-likeness (QED) is 0.702. The Hall–Kier alpha value is -0.870. The van der Waals surface area contributed by atoms with Crippen LogP contribution in [-0.2, 0) is 17.8 Å². The minimum absolute atomic E-state index is 0.493. The lowest BCUT2D eigenvalue weighted by molar-refractivity contribution is 0.162. The Kier molecular flexibility index (Phi) is 3.76. The molecule has 1 heterocycles. The van der Waals surface area contributed by atoms with Gasteiger partial charge in [-0.1, -0.05) is 0 Å². The third-order valence-corrected chi connectivity index (χ3v) is 1.48. The highest BCUT2D eigenvalue weighted by molar-refractivity contribution is 4.92. The van der Waals surface area contributed by atoms with E-state index >= 15 is 0 Å². The zero-order valence-corrected chi connectivity index (χ0v) is 7.46. The zero-order chi connectivity index (χ0) is 8.81. The zero-order valence-electron chi connectivity index (χ0n) is 7.46. The van der Waals surface area contributed by atoms with Crippen LogP contribution in [0.1, 0.15) is 11.7 Å². The summed E-state index contributed by atoms with van der Waals surface area (Å²) in [6.45, 7) is 1.37. The first-order chi connectivity index (χ1) is 5.86. The molecule has 1 aromatic rings. The molecule has 0 unspecified atom stereocenters. The number of hydrogen-bond acceptors (Lipinski definition) is 4. The highest BCUT2D eigenvalue weighted by Crippen LogP contribution is 2.04. The van der Waals surface area contributed by atoms with Crippen molar-refractivity contribution in [2.45, 2.75) is 13.0 Å². The predicted molar refractivity (Wildman–Crippen MR) is 44.8 cm³/mol. The first kappa shape index (κ1) is 9.22. The van der Waals surface area contributed by atoms with Gasteiger partial charge in [-0.25, -0.2) is 4.98 Å². The molecule has 0 saturated carbocycles. The van der Waals surface area contributed by atoms with Gasteiger partial charge in [0, 0.05) is 20.1 Å². The van der Waals surface area contributed by atoms with E-state index in [4.69, 9.17) is 9.15 Å². The van der Waals surface area contributed by atoms with Crippen molar-refractivity contribution >= 4 is 0 Å². The molecule has 0 fully saturated rings. The van der Waals surface area contributed by atoms with Crippen molar-refractivity contribution in [2.75, 3.05) is 20.7 Å². The van der Waals surface area contributed by atoms with Gasteiger partial charge < -0.3 is 14.5 Å². The van der Waals surface area contributed by atoms with Crippen LogP contribution in [0, 0.1) is 0 Å². The van der Waals surface area contributed by atoms with Crippen molar-refractivity contribution in [3.63, 3.8) is 0 Å². The summed E-state index contributed by atoms with van der Waals surface area (Å²) in [7, 11) is 3.54. The summed E-state index contributed by atoms with van der Waals surface area (Å²) in [5.41, 5.74) is 0. The smallest absolute Gasteiger partial charge is 0.195 e. The molecule has 4 heteroatoms. The molecule has 1 N–H and O–H groups in total. The third kappa shape index (κ3) is 2.64. The molecule has 0 radical (unpaired) electrons. The van der Waals surface area contributed by atoms with E-state index < -0.39 is 0 Å². The van der Waals surface area contributed by atoms with E-state index in [1.807, 2.05) is 7.05 Å². The lowest BCUT2D eigenvalue weighted by Crippen LogP contribution is -2.10. The second kappa shape index (κ2) is 4.90. The van der Waals surface area contributed by atoms with Crippen molar-refractivity contribution in [3.05, 3.63) is 17.8 Å². The lowest BCUT2D eigenvalue weighted by atomic mass is 10.4. The highest BCUT2D eigenvalue weighted by atomic mass is 16.5. The van der Waals surface area contributed by atoms with Crippen LogP contribution in [0.25, 0.3) is 0 Å². The number of oxazole rings is 1. The summed E-state index contributed by atoms with van der Waals surface area (Å²) in [6, 6.07) is 0. The first-order valence-corrected chi connectivity index (χ1v) is 3.94. The van der Waals surface area contributed by atoms with Gasteiger partial charge in [-0.05, 0) is 7.05 Å². The molecule has 0 amide bonds. The molecule has 1 aromatic heterocycles. The Morgan fingerprint density at radius 1 is 1.67 bits per heavy atom. The number of ether oxygens (including phenoxy) is 1. The predicted octanol–water partition coefficient (Wildman–Crippen LogP) is 0.583. The number of methoxy groups -OCH3 is 1. The Bertz CT molecular complexity index is 223. The molecule has 1 rings (SSSR count). The number of nitrogens with one attached hydrogen (secondary N) is 1. The van der Waals surface area contributed by atoms with Gasteiger partial charge in [-0.2, -0.15) is 0 Å². The monoisotopic (exact) mass is 170 g/mol. The van der Waals surface area contributed by atoms with E-state index in [-0.39, 0.29) is 0 Å². The number of aromatic nitrogens is 1. The van der Waals surface area contributed by atoms with Gasteiger partial charge >= 0.3 is 0 Å². The first-order valence-electron chi connectivity index (χ1n) is 3.94. The maximum absolute atomic E-state index is 5.35. The summed E-state index contributed by atoms with van der Waals surface area (Å²) >= 11 is 0. The molecule has 0 aromatic carbocycles. The fraction of sp³-hybridized carbons (Fsp3) is 0.625. The van der Waals surface area contributed by atoms with Crippen molar-refractivity contribution in [2.24, 2.45) is 0 Å². The second-order valence-corrected chi connectivity index (χ2v) is 2.51. The molecule has 4 nitrogen and oxygen atoms in total. The molecule has 68 valence electrons. The van der Waals surface area contributed by atoms with Crippen molar-refractivity contribution < 1.29 is 9.15 Å². The Balaban J connectivity index is 2.41. The molecule has 0 bridgehead atoms. The van der Waals surface area contributed by atoms with Crippen molar-refractivity contribution in [1.82, 2.24) is 10.3 Å². The Morgan fingerprint density at radius 3 is 3.17 bits per heavy atom. The number of hydrogen-bond donors (Lipinski definition) is 1. The van der Waals surface area contributed by atoms with Gasteiger partial charge in [-0.15, -0.1) is 0 Å². The molecule has 0 aliphatic carbocycles. The minimum Gasteiger partial charge on any atom is -0.443 e. The fourth-order valence-corrected chi connectivity index (χ4v) is 0.905. The van der Waals surface area contributed by atoms with Crippen LogP contribution < -0.4 is 5.32 Å². The summed E-state index contributed by atoms with van der Waals surface area (Å²) < 4.78 is 10.2. The van der Waals surface area contributed by atoms with Gasteiger partial charge in [0.25, 0.3) is 0 Å². The van der Waals surface area contributed by atoms with Gasteiger partial charge in [-0.3, -0.25) is 0 Å². The third-order valence-electron chi connectivity index (χ3n) is 1.48. The molecule has 0 spiro atoms. The van der Waals surface area contributed by atoms with E-state index in [9.17, 15) is 0 Å². The molecular weight excluding hydrogens is 156 g/mol. The molecule has 0 atom stereocenters. The fourth-order valence-electron chi connectivity index (χ4n) is 0.905. The maximum Gasteiger partial charge on any atom is 0.195 e. The van der Waals surface area contributed by atoms with Crippen molar-refractivity contribution in [3.8, 4) is 0 Å². The Morgan fingerprint density at radius 2 is 2.50 bits per heavy atom. The van der Waals surface area contributed by atoms with E-state index in [0.717, 1.165) is 24.6 Å². The average Bonchev–Trinajstić information content (AvgIpc) is 2.50. The van der Waals surface area contributed by atoms with E-state index in [2.05, 4.69) is 10.3 Å². The highest BCUT2D eigenvalue weighted by Gasteiger charge is 2.01. The molecular formula is C8H14N2O2. The van der Waals surface area contributed by atoms with Crippen LogP contribution in [0.5, 0.6) is 0 Å². The normalized spacial score (nSPS) is 10.5. The van der Waals surface area contributed by atoms with Gasteiger partial charge in [0.1, 0.15) is 12.4 Å². The summed E-state index contributed by atoms with van der Waals surface area (Å²) in [5.74, 6) is 1.54. The number of rotatable bonds is 5. The van der Waals surface area contributed by atoms with Crippen LogP contribution in [0.2, 0.25) is 0 Å². The van der Waals surface area contributed by atoms with E-state index in [0.29, 0.717) is 6.61 Å². The maximum atomic E-state index is 5.35.